The zero-order valence-corrected chi connectivity index (χ0v) is 13.1. The van der Waals surface area contributed by atoms with Gasteiger partial charge in [0.05, 0.1) is 10.6 Å². The monoisotopic (exact) mass is 380 g/mol. The van der Waals surface area contributed by atoms with E-state index in [-0.39, 0.29) is 16.5 Å². The second-order valence-corrected chi connectivity index (χ2v) is 5.86. The molecule has 2 aromatic carbocycles. The molecule has 0 radical (unpaired) electrons. The molecule has 2 rings (SSSR count). The smallest absolute Gasteiger partial charge is 0.173 e. The van der Waals surface area contributed by atoms with Crippen LogP contribution in [0.5, 0.6) is 0 Å². The first kappa shape index (κ1) is 15.7. The Labute approximate surface area is 133 Å². The zero-order valence-electron chi connectivity index (χ0n) is 10.0. The van der Waals surface area contributed by atoms with Crippen molar-refractivity contribution < 1.29 is 13.9 Å². The number of benzene rings is 2. The van der Waals surface area contributed by atoms with Gasteiger partial charge in [0.1, 0.15) is 0 Å². The molecule has 1 unspecified atom stereocenters. The van der Waals surface area contributed by atoms with Crippen molar-refractivity contribution in [1.82, 2.24) is 0 Å². The lowest BCUT2D eigenvalue weighted by molar-refractivity contribution is 0.177. The standard InChI is InChI=1S/C14H9BrCl2F2O/c15-13-9(2-4-11(18)14(13)19)12(20)6-7-5-8(16)1-3-10(7)17/h1-5,12,20H,6H2. The molecule has 0 bridgehead atoms. The van der Waals surface area contributed by atoms with Gasteiger partial charge in [0.25, 0.3) is 0 Å². The summed E-state index contributed by atoms with van der Waals surface area (Å²) in [6, 6.07) is 7.17. The van der Waals surface area contributed by atoms with E-state index in [4.69, 9.17) is 23.2 Å². The Kier molecular flexibility index (Phi) is 5.02. The van der Waals surface area contributed by atoms with Crippen LogP contribution in [0.3, 0.4) is 0 Å². The third-order valence-electron chi connectivity index (χ3n) is 2.85. The number of rotatable bonds is 3. The van der Waals surface area contributed by atoms with Gasteiger partial charge in [-0.05, 0) is 51.3 Å². The van der Waals surface area contributed by atoms with Crippen LogP contribution in [0.15, 0.2) is 34.8 Å². The maximum absolute atomic E-state index is 13.5. The van der Waals surface area contributed by atoms with Gasteiger partial charge in [-0.25, -0.2) is 8.78 Å². The minimum Gasteiger partial charge on any atom is -0.388 e. The number of halogens is 5. The van der Waals surface area contributed by atoms with Crippen LogP contribution in [0.1, 0.15) is 17.2 Å². The van der Waals surface area contributed by atoms with E-state index >= 15 is 0 Å². The van der Waals surface area contributed by atoms with Crippen molar-refractivity contribution in [3.05, 3.63) is 67.6 Å². The maximum Gasteiger partial charge on any atom is 0.173 e. The topological polar surface area (TPSA) is 20.2 Å². The second kappa shape index (κ2) is 6.39. The Hall–Kier alpha value is -0.680. The van der Waals surface area contributed by atoms with Crippen molar-refractivity contribution in [2.45, 2.75) is 12.5 Å². The number of hydrogen-bond acceptors (Lipinski definition) is 1. The minimum absolute atomic E-state index is 0.0943. The second-order valence-electron chi connectivity index (χ2n) is 4.22. The average molecular weight is 382 g/mol. The maximum atomic E-state index is 13.5. The van der Waals surface area contributed by atoms with Crippen LogP contribution in [0.2, 0.25) is 10.0 Å². The van der Waals surface area contributed by atoms with Crippen molar-refractivity contribution in [3.63, 3.8) is 0 Å². The molecule has 6 heteroatoms. The van der Waals surface area contributed by atoms with Crippen LogP contribution >= 0.6 is 39.1 Å². The molecule has 0 saturated carbocycles. The summed E-state index contributed by atoms with van der Waals surface area (Å²) in [5.74, 6) is -2.01. The van der Waals surface area contributed by atoms with E-state index < -0.39 is 17.7 Å². The molecule has 0 fully saturated rings. The van der Waals surface area contributed by atoms with Gasteiger partial charge in [0, 0.05) is 16.5 Å². The van der Waals surface area contributed by atoms with Crippen molar-refractivity contribution in [2.75, 3.05) is 0 Å². The molecule has 1 N–H and O–H groups in total. The first-order valence-electron chi connectivity index (χ1n) is 5.65. The fourth-order valence-electron chi connectivity index (χ4n) is 1.82. The lowest BCUT2D eigenvalue weighted by atomic mass is 10.0. The van der Waals surface area contributed by atoms with E-state index in [2.05, 4.69) is 15.9 Å². The summed E-state index contributed by atoms with van der Waals surface area (Å²) in [6.07, 6.45) is -0.890. The molecule has 0 aliphatic heterocycles. The third kappa shape index (κ3) is 3.31. The van der Waals surface area contributed by atoms with E-state index in [1.807, 2.05) is 0 Å². The highest BCUT2D eigenvalue weighted by Gasteiger charge is 2.18. The highest BCUT2D eigenvalue weighted by molar-refractivity contribution is 9.10. The largest absolute Gasteiger partial charge is 0.388 e. The van der Waals surface area contributed by atoms with Crippen molar-refractivity contribution in [1.29, 1.82) is 0 Å². The van der Waals surface area contributed by atoms with Gasteiger partial charge < -0.3 is 5.11 Å². The zero-order chi connectivity index (χ0) is 14.9. The van der Waals surface area contributed by atoms with Gasteiger partial charge >= 0.3 is 0 Å². The highest BCUT2D eigenvalue weighted by Crippen LogP contribution is 2.31. The van der Waals surface area contributed by atoms with Gasteiger partial charge in [0.15, 0.2) is 11.6 Å². The lowest BCUT2D eigenvalue weighted by Gasteiger charge is -2.14. The summed E-state index contributed by atoms with van der Waals surface area (Å²) in [6.45, 7) is 0. The fourth-order valence-corrected chi connectivity index (χ4v) is 2.79. The van der Waals surface area contributed by atoms with E-state index in [0.29, 0.717) is 15.6 Å². The highest BCUT2D eigenvalue weighted by atomic mass is 79.9. The first-order valence-corrected chi connectivity index (χ1v) is 7.20. The molecule has 0 spiro atoms. The molecule has 2 aromatic rings. The predicted octanol–water partition coefficient (Wildman–Crippen LogP) is 5.31. The van der Waals surface area contributed by atoms with Crippen molar-refractivity contribution in [2.24, 2.45) is 0 Å². The number of aliphatic hydroxyl groups is 1. The number of aliphatic hydroxyl groups excluding tert-OH is 1. The van der Waals surface area contributed by atoms with Gasteiger partial charge in [-0.15, -0.1) is 0 Å². The molecule has 106 valence electrons. The molecule has 0 amide bonds. The molecular weight excluding hydrogens is 373 g/mol. The van der Waals surface area contributed by atoms with E-state index in [1.54, 1.807) is 18.2 Å². The van der Waals surface area contributed by atoms with Crippen LogP contribution in [0, 0.1) is 11.6 Å². The predicted molar refractivity (Wildman–Crippen MR) is 79.2 cm³/mol. The van der Waals surface area contributed by atoms with Gasteiger partial charge in [0.2, 0.25) is 0 Å². The Morgan fingerprint density at radius 3 is 2.55 bits per heavy atom. The SMILES string of the molecule is OC(Cc1cc(Cl)ccc1Cl)c1ccc(F)c(F)c1Br. The van der Waals surface area contributed by atoms with Crippen LogP contribution in [0.25, 0.3) is 0 Å². The summed E-state index contributed by atoms with van der Waals surface area (Å²) in [5.41, 5.74) is 0.878. The summed E-state index contributed by atoms with van der Waals surface area (Å²) in [7, 11) is 0. The lowest BCUT2D eigenvalue weighted by Crippen LogP contribution is -2.05. The summed E-state index contributed by atoms with van der Waals surface area (Å²) in [5, 5.41) is 11.1. The van der Waals surface area contributed by atoms with Gasteiger partial charge in [-0.3, -0.25) is 0 Å². The Bertz CT molecular complexity index is 649. The van der Waals surface area contributed by atoms with Gasteiger partial charge in [-0.1, -0.05) is 29.3 Å². The van der Waals surface area contributed by atoms with Crippen LogP contribution < -0.4 is 0 Å². The van der Waals surface area contributed by atoms with E-state index in [0.717, 1.165) is 6.07 Å². The van der Waals surface area contributed by atoms with Crippen LogP contribution in [-0.4, -0.2) is 5.11 Å². The molecule has 0 aliphatic rings. The summed E-state index contributed by atoms with van der Waals surface area (Å²) < 4.78 is 26.4. The minimum atomic E-state index is -1.03. The molecule has 0 heterocycles. The fraction of sp³-hybridized carbons (Fsp3) is 0.143. The number of hydrogen-bond donors (Lipinski definition) is 1. The Morgan fingerprint density at radius 1 is 1.15 bits per heavy atom. The Balaban J connectivity index is 2.31. The summed E-state index contributed by atoms with van der Waals surface area (Å²) >= 11 is 14.8. The quantitative estimate of drug-likeness (QED) is 0.714. The summed E-state index contributed by atoms with van der Waals surface area (Å²) in [4.78, 5) is 0. The van der Waals surface area contributed by atoms with Crippen molar-refractivity contribution in [3.8, 4) is 0 Å². The van der Waals surface area contributed by atoms with E-state index in [1.165, 1.54) is 6.07 Å². The molecule has 1 nitrogen and oxygen atoms in total. The van der Waals surface area contributed by atoms with Crippen LogP contribution in [-0.2, 0) is 6.42 Å². The average Bonchev–Trinajstić information content (AvgIpc) is 2.40. The first-order chi connectivity index (χ1) is 9.40. The van der Waals surface area contributed by atoms with Crippen LogP contribution in [0.4, 0.5) is 8.78 Å². The molecular formula is C14H9BrCl2F2O. The van der Waals surface area contributed by atoms with Crippen molar-refractivity contribution >= 4 is 39.1 Å². The Morgan fingerprint density at radius 2 is 1.85 bits per heavy atom. The molecule has 0 saturated heterocycles. The third-order valence-corrected chi connectivity index (χ3v) is 4.25. The van der Waals surface area contributed by atoms with Gasteiger partial charge in [-0.2, -0.15) is 0 Å². The molecule has 0 aliphatic carbocycles. The molecule has 20 heavy (non-hydrogen) atoms. The van der Waals surface area contributed by atoms with E-state index in [9.17, 15) is 13.9 Å². The molecule has 0 aromatic heterocycles. The normalized spacial score (nSPS) is 12.5. The molecule has 1 atom stereocenters.